The van der Waals surface area contributed by atoms with Crippen molar-refractivity contribution < 1.29 is 19.4 Å². The Morgan fingerprint density at radius 1 is 1.44 bits per heavy atom. The van der Waals surface area contributed by atoms with Gasteiger partial charge in [0.25, 0.3) is 0 Å². The Kier molecular flexibility index (Phi) is 4.53. The monoisotopic (exact) mass is 363 g/mol. The summed E-state index contributed by atoms with van der Waals surface area (Å²) in [6, 6.07) is 6.36. The first-order valence-electron chi connectivity index (χ1n) is 7.66. The van der Waals surface area contributed by atoms with Crippen molar-refractivity contribution in [2.75, 3.05) is 13.7 Å². The van der Waals surface area contributed by atoms with Crippen LogP contribution in [0.1, 0.15) is 25.5 Å². The summed E-state index contributed by atoms with van der Waals surface area (Å²) >= 11 is 6.15. The Morgan fingerprint density at radius 2 is 2.20 bits per heavy atom. The van der Waals surface area contributed by atoms with Crippen LogP contribution < -0.4 is 4.74 Å². The van der Waals surface area contributed by atoms with E-state index in [9.17, 15) is 9.90 Å². The van der Waals surface area contributed by atoms with Crippen LogP contribution in [-0.2, 0) is 4.74 Å². The molecule has 0 radical (unpaired) electrons. The highest BCUT2D eigenvalue weighted by Crippen LogP contribution is 2.40. The van der Waals surface area contributed by atoms with Gasteiger partial charge in [0, 0.05) is 22.8 Å². The van der Waals surface area contributed by atoms with Crippen LogP contribution in [0.4, 0.5) is 4.79 Å². The number of benzene rings is 1. The van der Waals surface area contributed by atoms with Gasteiger partial charge in [-0.3, -0.25) is 4.90 Å². The third kappa shape index (κ3) is 3.25. The van der Waals surface area contributed by atoms with Gasteiger partial charge in [-0.2, -0.15) is 4.98 Å². The number of hydrogen-bond donors (Lipinski definition) is 1. The molecule has 1 amide bonds. The average Bonchev–Trinajstić information content (AvgIpc) is 2.90. The highest BCUT2D eigenvalue weighted by Gasteiger charge is 2.45. The molecular formula is C17H18ClN3O4. The number of amides is 1. The summed E-state index contributed by atoms with van der Waals surface area (Å²) in [5, 5.41) is 10.2. The second-order valence-corrected chi connectivity index (χ2v) is 6.52. The zero-order valence-corrected chi connectivity index (χ0v) is 14.8. The van der Waals surface area contributed by atoms with Crippen molar-refractivity contribution >= 4 is 17.7 Å². The van der Waals surface area contributed by atoms with Crippen molar-refractivity contribution in [3.8, 4) is 17.3 Å². The van der Waals surface area contributed by atoms with Gasteiger partial charge in [-0.1, -0.05) is 17.7 Å². The quantitative estimate of drug-likeness (QED) is 0.896. The van der Waals surface area contributed by atoms with E-state index in [4.69, 9.17) is 21.1 Å². The largest absolute Gasteiger partial charge is 0.481 e. The number of ether oxygens (including phenoxy) is 2. The second kappa shape index (κ2) is 6.50. The molecule has 1 unspecified atom stereocenters. The summed E-state index contributed by atoms with van der Waals surface area (Å²) in [6.45, 7) is 3.68. The highest BCUT2D eigenvalue weighted by molar-refractivity contribution is 6.30. The van der Waals surface area contributed by atoms with E-state index in [1.165, 1.54) is 12.0 Å². The van der Waals surface area contributed by atoms with Crippen LogP contribution >= 0.6 is 11.6 Å². The van der Waals surface area contributed by atoms with Crippen molar-refractivity contribution in [3.63, 3.8) is 0 Å². The zero-order chi connectivity index (χ0) is 18.2. The van der Waals surface area contributed by atoms with Gasteiger partial charge in [-0.25, -0.2) is 9.78 Å². The molecule has 1 aromatic heterocycles. The minimum absolute atomic E-state index is 0.234. The van der Waals surface area contributed by atoms with E-state index in [-0.39, 0.29) is 6.61 Å². The second-order valence-electron chi connectivity index (χ2n) is 6.08. The van der Waals surface area contributed by atoms with Crippen molar-refractivity contribution in [3.05, 3.63) is 41.0 Å². The lowest BCUT2D eigenvalue weighted by atomic mass is 9.98. The van der Waals surface area contributed by atoms with Gasteiger partial charge in [0.2, 0.25) is 5.88 Å². The van der Waals surface area contributed by atoms with Gasteiger partial charge in [-0.15, -0.1) is 0 Å². The molecule has 0 aliphatic carbocycles. The standard InChI is InChI=1S/C17H18ClN3O4/c1-17(2)21(16(22)23)13(9-25-17)11-5-4-10(18)8-12(11)15-19-7-6-14(20-15)24-3/h4-8,13H,9H2,1-3H3,(H,22,23). The molecular weight excluding hydrogens is 346 g/mol. The number of carboxylic acid groups (broad SMARTS) is 1. The molecule has 1 atom stereocenters. The molecule has 7 nitrogen and oxygen atoms in total. The van der Waals surface area contributed by atoms with Crippen molar-refractivity contribution in [2.45, 2.75) is 25.6 Å². The molecule has 25 heavy (non-hydrogen) atoms. The summed E-state index contributed by atoms with van der Waals surface area (Å²) in [5.74, 6) is 0.820. The van der Waals surface area contributed by atoms with Crippen molar-refractivity contribution in [1.82, 2.24) is 14.9 Å². The van der Waals surface area contributed by atoms with E-state index in [1.54, 1.807) is 44.3 Å². The lowest BCUT2D eigenvalue weighted by molar-refractivity contribution is -0.0420. The number of hydrogen-bond acceptors (Lipinski definition) is 5. The molecule has 0 spiro atoms. The fourth-order valence-electron chi connectivity index (χ4n) is 2.99. The molecule has 1 saturated heterocycles. The number of halogens is 1. The van der Waals surface area contributed by atoms with Gasteiger partial charge in [0.05, 0.1) is 19.8 Å². The molecule has 1 aliphatic rings. The predicted molar refractivity (Wildman–Crippen MR) is 91.7 cm³/mol. The summed E-state index contributed by atoms with van der Waals surface area (Å²) in [6.07, 6.45) is 0.524. The zero-order valence-electron chi connectivity index (χ0n) is 14.1. The summed E-state index contributed by atoms with van der Waals surface area (Å²) in [5.41, 5.74) is 0.442. The lowest BCUT2D eigenvalue weighted by Gasteiger charge is -2.31. The summed E-state index contributed by atoms with van der Waals surface area (Å²) in [4.78, 5) is 21.7. The Hall–Kier alpha value is -2.38. The van der Waals surface area contributed by atoms with E-state index < -0.39 is 17.9 Å². The van der Waals surface area contributed by atoms with Gasteiger partial charge < -0.3 is 14.6 Å². The maximum atomic E-state index is 11.8. The van der Waals surface area contributed by atoms with E-state index in [0.717, 1.165) is 5.56 Å². The van der Waals surface area contributed by atoms with Crippen molar-refractivity contribution in [2.24, 2.45) is 0 Å². The smallest absolute Gasteiger partial charge is 0.410 e. The van der Waals surface area contributed by atoms with Crippen LogP contribution in [0, 0.1) is 0 Å². The van der Waals surface area contributed by atoms with Crippen LogP contribution in [0.25, 0.3) is 11.4 Å². The first-order chi connectivity index (χ1) is 11.8. The minimum Gasteiger partial charge on any atom is -0.481 e. The van der Waals surface area contributed by atoms with Crippen LogP contribution in [0.2, 0.25) is 5.02 Å². The third-order valence-electron chi connectivity index (χ3n) is 4.15. The lowest BCUT2D eigenvalue weighted by Crippen LogP contribution is -2.44. The maximum absolute atomic E-state index is 11.8. The van der Waals surface area contributed by atoms with Crippen LogP contribution in [0.5, 0.6) is 5.88 Å². The SMILES string of the molecule is COc1ccnc(-c2cc(Cl)ccc2C2COC(C)(C)N2C(=O)O)n1. The third-order valence-corrected chi connectivity index (χ3v) is 4.38. The maximum Gasteiger partial charge on any atom is 0.410 e. The van der Waals surface area contributed by atoms with E-state index in [2.05, 4.69) is 9.97 Å². The molecule has 2 aromatic rings. The number of aromatic nitrogens is 2. The van der Waals surface area contributed by atoms with Gasteiger partial charge in [-0.05, 0) is 31.5 Å². The van der Waals surface area contributed by atoms with Gasteiger partial charge in [0.15, 0.2) is 5.82 Å². The fourth-order valence-corrected chi connectivity index (χ4v) is 3.17. The topological polar surface area (TPSA) is 84.8 Å². The van der Waals surface area contributed by atoms with E-state index >= 15 is 0 Å². The molecule has 8 heteroatoms. The molecule has 2 heterocycles. The fraction of sp³-hybridized carbons (Fsp3) is 0.353. The Balaban J connectivity index is 2.13. The average molecular weight is 364 g/mol. The minimum atomic E-state index is -1.06. The Bertz CT molecular complexity index is 812. The molecule has 1 aromatic carbocycles. The van der Waals surface area contributed by atoms with Crippen LogP contribution in [0.3, 0.4) is 0 Å². The molecule has 0 saturated carbocycles. The first-order valence-corrected chi connectivity index (χ1v) is 8.04. The summed E-state index contributed by atoms with van der Waals surface area (Å²) in [7, 11) is 1.52. The van der Waals surface area contributed by atoms with Gasteiger partial charge in [0.1, 0.15) is 5.72 Å². The highest BCUT2D eigenvalue weighted by atomic mass is 35.5. The molecule has 1 aliphatic heterocycles. The van der Waals surface area contributed by atoms with E-state index in [0.29, 0.717) is 22.3 Å². The Labute approximate surface area is 150 Å². The molecule has 1 fully saturated rings. The van der Waals surface area contributed by atoms with Gasteiger partial charge >= 0.3 is 6.09 Å². The molecule has 1 N–H and O–H groups in total. The number of methoxy groups -OCH3 is 1. The van der Waals surface area contributed by atoms with E-state index in [1.807, 2.05) is 0 Å². The molecule has 132 valence electrons. The van der Waals surface area contributed by atoms with Crippen molar-refractivity contribution in [1.29, 1.82) is 0 Å². The summed E-state index contributed by atoms with van der Waals surface area (Å²) < 4.78 is 10.8. The Morgan fingerprint density at radius 3 is 2.88 bits per heavy atom. The molecule has 3 rings (SSSR count). The number of nitrogens with zero attached hydrogens (tertiary/aromatic N) is 3. The number of rotatable bonds is 3. The predicted octanol–water partition coefficient (Wildman–Crippen LogP) is 3.59. The van der Waals surface area contributed by atoms with Crippen LogP contribution in [-0.4, -0.2) is 45.5 Å². The number of carbonyl (C=O) groups is 1. The normalized spacial score (nSPS) is 19.0. The molecule has 0 bridgehead atoms. The van der Waals surface area contributed by atoms with Crippen LogP contribution in [0.15, 0.2) is 30.5 Å². The first kappa shape index (κ1) is 17.4.